The number of aromatic nitrogens is 4. The first-order valence-electron chi connectivity index (χ1n) is 10.1. The number of aryl methyl sites for hydroxylation is 3. The quantitative estimate of drug-likeness (QED) is 0.488. The molecule has 2 heterocycles. The standard InChI is InChI=1S/C21H24N6O2S/c1-13-6-8-17(16(10-13)19(28)14-4-2-3-5-14)25-20(29)26-21-22-11-15(30-21)7-9-18-23-12-24-27-18/h6,8,10-12,14H,2-5,7,9H2,1H3,(H,23,24,27)(H2,22,25,26,29). The molecule has 2 amide bonds. The zero-order valence-corrected chi connectivity index (χ0v) is 17.6. The van der Waals surface area contributed by atoms with Crippen molar-refractivity contribution in [2.45, 2.75) is 45.4 Å². The number of hydrogen-bond donors (Lipinski definition) is 3. The summed E-state index contributed by atoms with van der Waals surface area (Å²) >= 11 is 1.41. The predicted octanol–water partition coefficient (Wildman–Crippen LogP) is 4.37. The van der Waals surface area contributed by atoms with Crippen LogP contribution in [0.4, 0.5) is 15.6 Å². The van der Waals surface area contributed by atoms with Gasteiger partial charge >= 0.3 is 6.03 Å². The van der Waals surface area contributed by atoms with Crippen LogP contribution in [0.2, 0.25) is 0 Å². The minimum atomic E-state index is -0.407. The van der Waals surface area contributed by atoms with Crippen molar-refractivity contribution in [3.05, 3.63) is 52.6 Å². The lowest BCUT2D eigenvalue weighted by molar-refractivity contribution is 0.0923. The number of benzene rings is 1. The van der Waals surface area contributed by atoms with Gasteiger partial charge in [-0.1, -0.05) is 24.5 Å². The number of Topliss-reactive ketones (excluding diaryl/α,β-unsaturated/α-hetero) is 1. The average molecular weight is 425 g/mol. The fourth-order valence-electron chi connectivity index (χ4n) is 3.70. The van der Waals surface area contributed by atoms with Gasteiger partial charge in [-0.15, -0.1) is 11.3 Å². The molecule has 0 saturated heterocycles. The molecule has 2 aromatic heterocycles. The highest BCUT2D eigenvalue weighted by Crippen LogP contribution is 2.31. The van der Waals surface area contributed by atoms with Crippen LogP contribution < -0.4 is 10.6 Å². The monoisotopic (exact) mass is 424 g/mol. The maximum Gasteiger partial charge on any atom is 0.325 e. The Morgan fingerprint density at radius 3 is 2.77 bits per heavy atom. The third kappa shape index (κ3) is 4.91. The Labute approximate surface area is 178 Å². The summed E-state index contributed by atoms with van der Waals surface area (Å²) in [7, 11) is 0. The number of carbonyl (C=O) groups excluding carboxylic acids is 2. The van der Waals surface area contributed by atoms with Gasteiger partial charge in [0.2, 0.25) is 0 Å². The molecule has 0 unspecified atom stereocenters. The van der Waals surface area contributed by atoms with Crippen LogP contribution in [-0.2, 0) is 12.8 Å². The van der Waals surface area contributed by atoms with Crippen LogP contribution in [0.3, 0.4) is 0 Å². The average Bonchev–Trinajstić information content (AvgIpc) is 3.50. The van der Waals surface area contributed by atoms with Gasteiger partial charge < -0.3 is 5.32 Å². The van der Waals surface area contributed by atoms with Crippen molar-refractivity contribution >= 4 is 34.0 Å². The largest absolute Gasteiger partial charge is 0.325 e. The van der Waals surface area contributed by atoms with Crippen molar-refractivity contribution in [1.82, 2.24) is 20.2 Å². The van der Waals surface area contributed by atoms with Gasteiger partial charge in [-0.3, -0.25) is 15.2 Å². The SMILES string of the molecule is Cc1ccc(NC(=O)Nc2ncc(CCc3ncn[nH]3)s2)c(C(=O)C2CCCC2)c1. The summed E-state index contributed by atoms with van der Waals surface area (Å²) in [6.07, 6.45) is 8.75. The van der Waals surface area contributed by atoms with Crippen molar-refractivity contribution in [2.24, 2.45) is 5.92 Å². The zero-order valence-electron chi connectivity index (χ0n) is 16.8. The second-order valence-corrected chi connectivity index (χ2v) is 8.65. The van der Waals surface area contributed by atoms with Crippen LogP contribution in [0.1, 0.15) is 52.3 Å². The lowest BCUT2D eigenvalue weighted by atomic mass is 9.94. The molecule has 1 aromatic carbocycles. The molecule has 1 fully saturated rings. The summed E-state index contributed by atoms with van der Waals surface area (Å²) in [5.74, 6) is 0.992. The van der Waals surface area contributed by atoms with E-state index in [2.05, 4.69) is 30.8 Å². The number of urea groups is 1. The molecule has 1 saturated carbocycles. The molecule has 0 spiro atoms. The number of H-pyrrole nitrogens is 1. The normalized spacial score (nSPS) is 14.0. The Bertz CT molecular complexity index is 1020. The molecular formula is C21H24N6O2S. The van der Waals surface area contributed by atoms with E-state index in [1.807, 2.05) is 19.1 Å². The van der Waals surface area contributed by atoms with Gasteiger partial charge in [-0.25, -0.2) is 14.8 Å². The third-order valence-electron chi connectivity index (χ3n) is 5.26. The number of amides is 2. The molecule has 30 heavy (non-hydrogen) atoms. The van der Waals surface area contributed by atoms with Gasteiger partial charge in [0.1, 0.15) is 12.2 Å². The van der Waals surface area contributed by atoms with Gasteiger partial charge in [0.25, 0.3) is 0 Å². The first kappa shape index (κ1) is 20.2. The highest BCUT2D eigenvalue weighted by Gasteiger charge is 2.26. The molecule has 156 valence electrons. The van der Waals surface area contributed by atoms with Crippen LogP contribution in [0.5, 0.6) is 0 Å². The van der Waals surface area contributed by atoms with Crippen molar-refractivity contribution in [3.8, 4) is 0 Å². The molecule has 9 heteroatoms. The van der Waals surface area contributed by atoms with E-state index in [0.29, 0.717) is 16.4 Å². The number of anilines is 2. The van der Waals surface area contributed by atoms with E-state index in [4.69, 9.17) is 0 Å². The van der Waals surface area contributed by atoms with E-state index < -0.39 is 6.03 Å². The maximum atomic E-state index is 12.9. The van der Waals surface area contributed by atoms with E-state index in [1.54, 1.807) is 12.3 Å². The van der Waals surface area contributed by atoms with Gasteiger partial charge in [-0.2, -0.15) is 5.10 Å². The van der Waals surface area contributed by atoms with Gasteiger partial charge in [0.05, 0.1) is 5.69 Å². The van der Waals surface area contributed by atoms with Crippen LogP contribution in [-0.4, -0.2) is 32.0 Å². The molecule has 4 rings (SSSR count). The zero-order chi connectivity index (χ0) is 20.9. The van der Waals surface area contributed by atoms with Crippen LogP contribution in [0.15, 0.2) is 30.7 Å². The Kier molecular flexibility index (Phi) is 6.18. The Hall–Kier alpha value is -3.07. The van der Waals surface area contributed by atoms with Crippen molar-refractivity contribution < 1.29 is 9.59 Å². The highest BCUT2D eigenvalue weighted by molar-refractivity contribution is 7.15. The molecule has 0 radical (unpaired) electrons. The van der Waals surface area contributed by atoms with E-state index in [1.165, 1.54) is 17.7 Å². The van der Waals surface area contributed by atoms with Crippen LogP contribution in [0.25, 0.3) is 0 Å². The number of nitrogens with one attached hydrogen (secondary N) is 3. The van der Waals surface area contributed by atoms with Gasteiger partial charge in [0.15, 0.2) is 10.9 Å². The van der Waals surface area contributed by atoms with Crippen LogP contribution >= 0.6 is 11.3 Å². The van der Waals surface area contributed by atoms with E-state index >= 15 is 0 Å². The molecule has 0 aliphatic heterocycles. The fraction of sp³-hybridized carbons (Fsp3) is 0.381. The smallest absolute Gasteiger partial charge is 0.307 e. The van der Waals surface area contributed by atoms with Crippen molar-refractivity contribution in [3.63, 3.8) is 0 Å². The molecule has 3 N–H and O–H groups in total. The molecule has 1 aliphatic rings. The number of rotatable bonds is 7. The Morgan fingerprint density at radius 2 is 2.00 bits per heavy atom. The Morgan fingerprint density at radius 1 is 1.17 bits per heavy atom. The number of ketones is 1. The van der Waals surface area contributed by atoms with Gasteiger partial charge in [-0.05, 0) is 38.3 Å². The molecule has 3 aromatic rings. The van der Waals surface area contributed by atoms with Crippen molar-refractivity contribution in [2.75, 3.05) is 10.6 Å². The number of nitrogens with zero attached hydrogens (tertiary/aromatic N) is 3. The number of carbonyl (C=O) groups is 2. The van der Waals surface area contributed by atoms with Crippen LogP contribution in [0, 0.1) is 12.8 Å². The molecule has 1 aliphatic carbocycles. The fourth-order valence-corrected chi connectivity index (χ4v) is 4.51. The first-order chi connectivity index (χ1) is 14.6. The summed E-state index contributed by atoms with van der Waals surface area (Å²) in [6.45, 7) is 1.95. The maximum absolute atomic E-state index is 12.9. The Balaban J connectivity index is 1.39. The minimum Gasteiger partial charge on any atom is -0.307 e. The number of aromatic amines is 1. The summed E-state index contributed by atoms with van der Waals surface area (Å²) in [6, 6.07) is 5.14. The summed E-state index contributed by atoms with van der Waals surface area (Å²) in [4.78, 5) is 34.9. The van der Waals surface area contributed by atoms with E-state index in [-0.39, 0.29) is 11.7 Å². The third-order valence-corrected chi connectivity index (χ3v) is 6.23. The molecule has 8 nitrogen and oxygen atoms in total. The highest BCUT2D eigenvalue weighted by atomic mass is 32.1. The second kappa shape index (κ2) is 9.17. The lowest BCUT2D eigenvalue weighted by Crippen LogP contribution is -2.22. The second-order valence-electron chi connectivity index (χ2n) is 7.54. The molecular weight excluding hydrogens is 400 g/mol. The summed E-state index contributed by atoms with van der Waals surface area (Å²) < 4.78 is 0. The van der Waals surface area contributed by atoms with Gasteiger partial charge in [0, 0.05) is 29.0 Å². The predicted molar refractivity (Wildman–Crippen MR) is 116 cm³/mol. The summed E-state index contributed by atoms with van der Waals surface area (Å²) in [5.41, 5.74) is 2.12. The van der Waals surface area contributed by atoms with E-state index in [9.17, 15) is 9.59 Å². The molecule has 0 bridgehead atoms. The summed E-state index contributed by atoms with van der Waals surface area (Å²) in [5, 5.41) is 12.8. The molecule has 0 atom stereocenters. The minimum absolute atomic E-state index is 0.0568. The topological polar surface area (TPSA) is 113 Å². The van der Waals surface area contributed by atoms with E-state index in [0.717, 1.165) is 54.8 Å². The lowest BCUT2D eigenvalue weighted by Gasteiger charge is -2.14. The number of hydrogen-bond acceptors (Lipinski definition) is 6. The van der Waals surface area contributed by atoms with Crippen molar-refractivity contribution in [1.29, 1.82) is 0 Å². The first-order valence-corrected chi connectivity index (χ1v) is 10.9. The number of thiazole rings is 1.